The second-order valence-electron chi connectivity index (χ2n) is 5.96. The van der Waals surface area contributed by atoms with Crippen molar-refractivity contribution in [3.63, 3.8) is 0 Å². The van der Waals surface area contributed by atoms with E-state index in [0.717, 1.165) is 19.6 Å². The molecule has 1 aromatic carbocycles. The minimum Gasteiger partial charge on any atom is -0.368 e. The number of hydrogen-bond acceptors (Lipinski definition) is 2. The van der Waals surface area contributed by atoms with Crippen molar-refractivity contribution < 1.29 is 0 Å². The van der Waals surface area contributed by atoms with E-state index in [9.17, 15) is 0 Å². The Morgan fingerprint density at radius 3 is 2.05 bits per heavy atom. The number of rotatable bonds is 9. The summed E-state index contributed by atoms with van der Waals surface area (Å²) in [4.78, 5) is 2.59. The van der Waals surface area contributed by atoms with Gasteiger partial charge in [-0.25, -0.2) is 0 Å². The number of nitrogens with one attached hydrogen (secondary N) is 1. The standard InChI is InChI=1S/C18H32N2/c1-6-17(7-2)20(14-15(4)5)18-11-9-16(10-12-18)13-19-8-3/h9-12,15,17,19H,6-8,13-14H2,1-5H3. The fourth-order valence-electron chi connectivity index (χ4n) is 2.66. The van der Waals surface area contributed by atoms with Crippen LogP contribution in [0.4, 0.5) is 5.69 Å². The van der Waals surface area contributed by atoms with Gasteiger partial charge in [0.2, 0.25) is 0 Å². The van der Waals surface area contributed by atoms with Crippen LogP contribution in [0, 0.1) is 5.92 Å². The van der Waals surface area contributed by atoms with Crippen LogP contribution < -0.4 is 10.2 Å². The molecular weight excluding hydrogens is 244 g/mol. The van der Waals surface area contributed by atoms with Crippen molar-refractivity contribution in [3.05, 3.63) is 29.8 Å². The summed E-state index contributed by atoms with van der Waals surface area (Å²) in [5.41, 5.74) is 2.73. The summed E-state index contributed by atoms with van der Waals surface area (Å²) in [7, 11) is 0. The van der Waals surface area contributed by atoms with Crippen molar-refractivity contribution in [2.24, 2.45) is 5.92 Å². The van der Waals surface area contributed by atoms with E-state index < -0.39 is 0 Å². The molecule has 1 N–H and O–H groups in total. The van der Waals surface area contributed by atoms with Gasteiger partial charge in [-0.2, -0.15) is 0 Å². The quantitative estimate of drug-likeness (QED) is 0.717. The van der Waals surface area contributed by atoms with Gasteiger partial charge < -0.3 is 10.2 Å². The van der Waals surface area contributed by atoms with Crippen molar-refractivity contribution in [1.82, 2.24) is 5.32 Å². The van der Waals surface area contributed by atoms with Gasteiger partial charge in [0.15, 0.2) is 0 Å². The van der Waals surface area contributed by atoms with Gasteiger partial charge in [-0.3, -0.25) is 0 Å². The average molecular weight is 276 g/mol. The van der Waals surface area contributed by atoms with Crippen molar-refractivity contribution in [3.8, 4) is 0 Å². The van der Waals surface area contributed by atoms with Crippen LogP contribution in [0.15, 0.2) is 24.3 Å². The molecule has 0 saturated heterocycles. The van der Waals surface area contributed by atoms with Crippen molar-refractivity contribution in [2.45, 2.75) is 60.0 Å². The molecule has 0 spiro atoms. The fraction of sp³-hybridized carbons (Fsp3) is 0.667. The monoisotopic (exact) mass is 276 g/mol. The van der Waals surface area contributed by atoms with E-state index in [1.54, 1.807) is 0 Å². The molecule has 1 aromatic rings. The SMILES string of the molecule is CCNCc1ccc(N(CC(C)C)C(CC)CC)cc1. The van der Waals surface area contributed by atoms with Gasteiger partial charge in [-0.1, -0.05) is 46.8 Å². The van der Waals surface area contributed by atoms with E-state index in [1.165, 1.54) is 24.1 Å². The third-order valence-corrected chi connectivity index (χ3v) is 3.79. The van der Waals surface area contributed by atoms with Crippen LogP contribution in [0.1, 0.15) is 53.0 Å². The summed E-state index contributed by atoms with van der Waals surface area (Å²) in [6.45, 7) is 14.5. The van der Waals surface area contributed by atoms with E-state index in [2.05, 4.69) is 69.1 Å². The van der Waals surface area contributed by atoms with Crippen LogP contribution in [0.5, 0.6) is 0 Å². The van der Waals surface area contributed by atoms with E-state index in [-0.39, 0.29) is 0 Å². The highest BCUT2D eigenvalue weighted by atomic mass is 15.2. The van der Waals surface area contributed by atoms with Crippen LogP contribution in [-0.2, 0) is 6.54 Å². The predicted molar refractivity (Wildman–Crippen MR) is 90.4 cm³/mol. The lowest BCUT2D eigenvalue weighted by molar-refractivity contribution is 0.507. The highest BCUT2D eigenvalue weighted by Crippen LogP contribution is 2.22. The van der Waals surface area contributed by atoms with Crippen LogP contribution in [0.25, 0.3) is 0 Å². The van der Waals surface area contributed by atoms with Crippen LogP contribution >= 0.6 is 0 Å². The van der Waals surface area contributed by atoms with Crippen LogP contribution in [0.3, 0.4) is 0 Å². The summed E-state index contributed by atoms with van der Waals surface area (Å²) >= 11 is 0. The lowest BCUT2D eigenvalue weighted by Crippen LogP contribution is -2.37. The molecule has 0 aliphatic rings. The van der Waals surface area contributed by atoms with E-state index in [0.29, 0.717) is 12.0 Å². The molecule has 0 saturated carbocycles. The molecule has 0 unspecified atom stereocenters. The topological polar surface area (TPSA) is 15.3 Å². The molecule has 2 nitrogen and oxygen atoms in total. The smallest absolute Gasteiger partial charge is 0.0368 e. The van der Waals surface area contributed by atoms with E-state index in [1.807, 2.05) is 0 Å². The van der Waals surface area contributed by atoms with Gasteiger partial charge in [0.1, 0.15) is 0 Å². The number of hydrogen-bond donors (Lipinski definition) is 1. The maximum atomic E-state index is 3.38. The molecule has 0 aromatic heterocycles. The molecule has 20 heavy (non-hydrogen) atoms. The van der Waals surface area contributed by atoms with E-state index in [4.69, 9.17) is 0 Å². The Morgan fingerprint density at radius 1 is 1.00 bits per heavy atom. The van der Waals surface area contributed by atoms with Crippen LogP contribution in [0.2, 0.25) is 0 Å². The van der Waals surface area contributed by atoms with Crippen molar-refractivity contribution in [2.75, 3.05) is 18.0 Å². The maximum absolute atomic E-state index is 3.38. The first kappa shape index (κ1) is 17.0. The van der Waals surface area contributed by atoms with Gasteiger partial charge in [-0.05, 0) is 43.0 Å². The first-order chi connectivity index (χ1) is 9.62. The molecule has 0 amide bonds. The highest BCUT2D eigenvalue weighted by Gasteiger charge is 2.16. The Labute approximate surface area is 125 Å². The Hall–Kier alpha value is -1.02. The number of anilines is 1. The second-order valence-corrected chi connectivity index (χ2v) is 5.96. The Morgan fingerprint density at radius 2 is 1.60 bits per heavy atom. The molecule has 0 aliphatic heterocycles. The molecule has 0 heterocycles. The summed E-state index contributed by atoms with van der Waals surface area (Å²) in [6, 6.07) is 9.74. The Kier molecular flexibility index (Phi) is 7.68. The third-order valence-electron chi connectivity index (χ3n) is 3.79. The molecule has 0 atom stereocenters. The minimum absolute atomic E-state index is 0.650. The lowest BCUT2D eigenvalue weighted by atomic mass is 10.1. The molecular formula is C18H32N2. The molecule has 0 aliphatic carbocycles. The second kappa shape index (κ2) is 9.02. The van der Waals surface area contributed by atoms with Crippen molar-refractivity contribution >= 4 is 5.69 Å². The Balaban J connectivity index is 2.84. The van der Waals surface area contributed by atoms with Crippen molar-refractivity contribution in [1.29, 1.82) is 0 Å². The average Bonchev–Trinajstić information content (AvgIpc) is 2.45. The van der Waals surface area contributed by atoms with Gasteiger partial charge >= 0.3 is 0 Å². The zero-order valence-corrected chi connectivity index (χ0v) is 13.9. The largest absolute Gasteiger partial charge is 0.368 e. The first-order valence-corrected chi connectivity index (χ1v) is 8.18. The van der Waals surface area contributed by atoms with Crippen LogP contribution in [-0.4, -0.2) is 19.1 Å². The Bertz CT molecular complexity index is 352. The minimum atomic E-state index is 0.650. The molecule has 1 rings (SSSR count). The normalized spacial score (nSPS) is 11.3. The zero-order valence-electron chi connectivity index (χ0n) is 13.9. The zero-order chi connectivity index (χ0) is 15.0. The summed E-state index contributed by atoms with van der Waals surface area (Å²) in [6.07, 6.45) is 2.42. The fourth-order valence-corrected chi connectivity index (χ4v) is 2.66. The van der Waals surface area contributed by atoms with Gasteiger partial charge in [0.25, 0.3) is 0 Å². The lowest BCUT2D eigenvalue weighted by Gasteiger charge is -2.34. The van der Waals surface area contributed by atoms with Gasteiger partial charge in [0, 0.05) is 24.8 Å². The first-order valence-electron chi connectivity index (χ1n) is 8.18. The van der Waals surface area contributed by atoms with Gasteiger partial charge in [0.05, 0.1) is 0 Å². The predicted octanol–water partition coefficient (Wildman–Crippen LogP) is 4.45. The molecule has 0 fully saturated rings. The summed E-state index contributed by atoms with van der Waals surface area (Å²) in [5, 5.41) is 3.38. The maximum Gasteiger partial charge on any atom is 0.0368 e. The molecule has 2 heteroatoms. The number of nitrogens with zero attached hydrogens (tertiary/aromatic N) is 1. The van der Waals surface area contributed by atoms with Gasteiger partial charge in [-0.15, -0.1) is 0 Å². The highest BCUT2D eigenvalue weighted by molar-refractivity contribution is 5.48. The third kappa shape index (κ3) is 5.16. The molecule has 0 bridgehead atoms. The molecule has 0 radical (unpaired) electrons. The summed E-state index contributed by atoms with van der Waals surface area (Å²) in [5.74, 6) is 0.692. The molecule has 114 valence electrons. The number of benzene rings is 1. The van der Waals surface area contributed by atoms with E-state index >= 15 is 0 Å². The summed E-state index contributed by atoms with van der Waals surface area (Å²) < 4.78 is 0.